The number of carbonyl (C=O) groups excluding carboxylic acids is 3. The summed E-state index contributed by atoms with van der Waals surface area (Å²) in [6.07, 6.45) is 2.81. The van der Waals surface area contributed by atoms with Gasteiger partial charge >= 0.3 is 11.9 Å². The summed E-state index contributed by atoms with van der Waals surface area (Å²) in [4.78, 5) is 48.7. The molecular weight excluding hydrogens is 504 g/mol. The van der Waals surface area contributed by atoms with Gasteiger partial charge in [0.25, 0.3) is 11.8 Å². The largest absolute Gasteiger partial charge is 0.432 e. The summed E-state index contributed by atoms with van der Waals surface area (Å²) in [5.74, 6) is -0.593. The molecule has 0 aliphatic carbocycles. The molecule has 38 heavy (non-hydrogen) atoms. The van der Waals surface area contributed by atoms with Gasteiger partial charge in [0, 0.05) is 30.3 Å². The first-order valence-corrected chi connectivity index (χ1v) is 14.1. The number of imide groups is 1. The Morgan fingerprint density at radius 2 is 1.79 bits per heavy atom. The molecule has 2 heterocycles. The van der Waals surface area contributed by atoms with Crippen LogP contribution in [0.4, 0.5) is 4.79 Å². The van der Waals surface area contributed by atoms with E-state index < -0.39 is 17.9 Å². The highest BCUT2D eigenvalue weighted by Gasteiger charge is 2.33. The van der Waals surface area contributed by atoms with Crippen LogP contribution in [0, 0.1) is 0 Å². The molecule has 1 aliphatic rings. The lowest BCUT2D eigenvalue weighted by molar-refractivity contribution is -0.130. The Bertz CT molecular complexity index is 1180. The molecule has 3 aromatic rings. The van der Waals surface area contributed by atoms with Crippen LogP contribution in [-0.2, 0) is 9.53 Å². The van der Waals surface area contributed by atoms with Crippen molar-refractivity contribution in [2.45, 2.75) is 43.5 Å². The Hall–Kier alpha value is -3.37. The van der Waals surface area contributed by atoms with E-state index in [1.54, 1.807) is 34.9 Å². The Morgan fingerprint density at radius 3 is 2.53 bits per heavy atom. The molecule has 0 bridgehead atoms. The van der Waals surface area contributed by atoms with E-state index in [9.17, 15) is 14.4 Å². The quantitative estimate of drug-likeness (QED) is 0.281. The molecule has 4 rings (SSSR count). The van der Waals surface area contributed by atoms with E-state index in [2.05, 4.69) is 17.2 Å². The molecule has 1 fully saturated rings. The molecule has 4 amide bonds. The molecule has 1 saturated heterocycles. The lowest BCUT2D eigenvalue weighted by Crippen LogP contribution is -2.55. The normalized spacial score (nSPS) is 14.3. The zero-order valence-electron chi connectivity index (χ0n) is 21.6. The van der Waals surface area contributed by atoms with Crippen LogP contribution < -0.4 is 5.32 Å². The van der Waals surface area contributed by atoms with Crippen molar-refractivity contribution in [2.75, 3.05) is 38.6 Å². The van der Waals surface area contributed by atoms with Crippen molar-refractivity contribution in [3.63, 3.8) is 0 Å². The molecular formula is C28H34N4O5S. The highest BCUT2D eigenvalue weighted by Crippen LogP contribution is 2.21. The zero-order chi connectivity index (χ0) is 26.7. The van der Waals surface area contributed by atoms with Crippen molar-refractivity contribution in [3.05, 3.63) is 60.5 Å². The molecule has 10 heteroatoms. The molecule has 202 valence electrons. The number of carbonyl (C=O) groups is 3. The van der Waals surface area contributed by atoms with E-state index in [0.717, 1.165) is 17.7 Å². The molecule has 0 saturated carbocycles. The van der Waals surface area contributed by atoms with Crippen molar-refractivity contribution in [1.82, 2.24) is 20.1 Å². The van der Waals surface area contributed by atoms with Gasteiger partial charge < -0.3 is 19.4 Å². The Kier molecular flexibility index (Phi) is 10.2. The van der Waals surface area contributed by atoms with Crippen LogP contribution in [0.5, 0.6) is 0 Å². The van der Waals surface area contributed by atoms with Crippen molar-refractivity contribution in [3.8, 4) is 0 Å². The van der Waals surface area contributed by atoms with Crippen molar-refractivity contribution in [2.24, 2.45) is 0 Å². The first kappa shape index (κ1) is 27.7. The minimum absolute atomic E-state index is 0.132. The highest BCUT2D eigenvalue weighted by atomic mass is 32.2. The van der Waals surface area contributed by atoms with Gasteiger partial charge in [-0.2, -0.15) is 0 Å². The van der Waals surface area contributed by atoms with E-state index in [1.807, 2.05) is 36.4 Å². The van der Waals surface area contributed by atoms with Crippen molar-refractivity contribution in [1.29, 1.82) is 0 Å². The van der Waals surface area contributed by atoms with Crippen LogP contribution in [0.25, 0.3) is 11.1 Å². The monoisotopic (exact) mass is 538 g/mol. The fourth-order valence-electron chi connectivity index (χ4n) is 4.17. The smallest absolute Gasteiger partial charge is 0.318 e. The lowest BCUT2D eigenvalue weighted by atomic mass is 10.1. The van der Waals surface area contributed by atoms with Gasteiger partial charge in [0.05, 0.1) is 13.2 Å². The Balaban J connectivity index is 1.54. The van der Waals surface area contributed by atoms with Gasteiger partial charge in [0.2, 0.25) is 0 Å². The standard InChI is InChI=1S/C28H34N4O5S/c1-2-3-9-15-32(27(34)25-29-22-12-7-8-13-24(22)37-25)26(33)23(14-20-38-21-10-5-4-6-11-21)30-28(35)31-16-18-36-19-17-31/h4-8,10-13,23H,2-3,9,14-20H2,1H3,(H,30,35). The number of fused-ring (bicyclic) bond motifs is 1. The number of ether oxygens (including phenoxy) is 1. The molecule has 1 aliphatic heterocycles. The molecule has 0 spiro atoms. The third-order valence-corrected chi connectivity index (χ3v) is 7.33. The molecule has 2 aromatic carbocycles. The number of benzene rings is 2. The average Bonchev–Trinajstić information content (AvgIpc) is 3.40. The first-order valence-electron chi connectivity index (χ1n) is 13.1. The molecule has 0 radical (unpaired) electrons. The van der Waals surface area contributed by atoms with Crippen LogP contribution >= 0.6 is 11.8 Å². The fourth-order valence-corrected chi connectivity index (χ4v) is 5.11. The second-order valence-electron chi connectivity index (χ2n) is 9.04. The topological polar surface area (TPSA) is 105 Å². The first-order chi connectivity index (χ1) is 18.6. The van der Waals surface area contributed by atoms with Crippen LogP contribution in [-0.4, -0.2) is 77.3 Å². The lowest BCUT2D eigenvalue weighted by Gasteiger charge is -2.30. The summed E-state index contributed by atoms with van der Waals surface area (Å²) >= 11 is 1.60. The zero-order valence-corrected chi connectivity index (χ0v) is 22.5. The number of morpholine rings is 1. The average molecular weight is 539 g/mol. The molecule has 9 nitrogen and oxygen atoms in total. The number of thioether (sulfide) groups is 1. The number of nitrogens with zero attached hydrogens (tertiary/aromatic N) is 3. The number of hydrogen-bond acceptors (Lipinski definition) is 7. The SMILES string of the molecule is CCCCCN(C(=O)c1nc2ccccc2o1)C(=O)C(CCSc1ccccc1)NC(=O)N1CCOCC1. The van der Waals surface area contributed by atoms with Gasteiger partial charge in [-0.3, -0.25) is 14.5 Å². The van der Waals surface area contributed by atoms with E-state index in [0.29, 0.717) is 56.0 Å². The summed E-state index contributed by atoms with van der Waals surface area (Å²) in [7, 11) is 0. The highest BCUT2D eigenvalue weighted by molar-refractivity contribution is 7.99. The summed E-state index contributed by atoms with van der Waals surface area (Å²) in [6, 6.07) is 15.8. The number of amides is 4. The summed E-state index contributed by atoms with van der Waals surface area (Å²) in [5, 5.41) is 2.90. The summed E-state index contributed by atoms with van der Waals surface area (Å²) in [6.45, 7) is 4.09. The van der Waals surface area contributed by atoms with E-state index in [1.165, 1.54) is 4.90 Å². The molecule has 1 atom stereocenters. The molecule has 1 unspecified atom stereocenters. The number of para-hydroxylation sites is 2. The number of urea groups is 1. The fraction of sp³-hybridized carbons (Fsp3) is 0.429. The summed E-state index contributed by atoms with van der Waals surface area (Å²) < 4.78 is 11.0. The van der Waals surface area contributed by atoms with Crippen LogP contribution in [0.2, 0.25) is 0 Å². The van der Waals surface area contributed by atoms with Crippen molar-refractivity contribution >= 4 is 40.7 Å². The van der Waals surface area contributed by atoms with Gasteiger partial charge in [-0.05, 0) is 37.1 Å². The maximum Gasteiger partial charge on any atom is 0.318 e. The van der Waals surface area contributed by atoms with Gasteiger partial charge in [-0.1, -0.05) is 50.1 Å². The third-order valence-electron chi connectivity index (χ3n) is 6.29. The number of nitrogens with one attached hydrogen (secondary N) is 1. The number of hydrogen-bond donors (Lipinski definition) is 1. The number of rotatable bonds is 11. The maximum absolute atomic E-state index is 13.9. The predicted octanol–water partition coefficient (Wildman–Crippen LogP) is 4.58. The second-order valence-corrected chi connectivity index (χ2v) is 10.2. The third kappa shape index (κ3) is 7.35. The number of oxazole rings is 1. The van der Waals surface area contributed by atoms with Crippen LogP contribution in [0.3, 0.4) is 0 Å². The minimum Gasteiger partial charge on any atom is -0.432 e. The molecule has 1 aromatic heterocycles. The van der Waals surface area contributed by atoms with Crippen LogP contribution in [0.15, 0.2) is 63.9 Å². The van der Waals surface area contributed by atoms with Gasteiger partial charge in [-0.25, -0.2) is 9.78 Å². The van der Waals surface area contributed by atoms with E-state index in [-0.39, 0.29) is 18.5 Å². The van der Waals surface area contributed by atoms with Gasteiger partial charge in [0.1, 0.15) is 11.6 Å². The maximum atomic E-state index is 13.9. The number of aromatic nitrogens is 1. The Morgan fingerprint density at radius 1 is 1.05 bits per heavy atom. The van der Waals surface area contributed by atoms with Crippen molar-refractivity contribution < 1.29 is 23.5 Å². The van der Waals surface area contributed by atoms with E-state index >= 15 is 0 Å². The van der Waals surface area contributed by atoms with E-state index in [4.69, 9.17) is 9.15 Å². The summed E-state index contributed by atoms with van der Waals surface area (Å²) in [5.41, 5.74) is 1.03. The minimum atomic E-state index is -0.878. The predicted molar refractivity (Wildman–Crippen MR) is 146 cm³/mol. The van der Waals surface area contributed by atoms with Gasteiger partial charge in [-0.15, -0.1) is 11.8 Å². The second kappa shape index (κ2) is 14.0. The van der Waals surface area contributed by atoms with Gasteiger partial charge in [0.15, 0.2) is 5.58 Å². The Labute approximate surface area is 226 Å². The number of unbranched alkanes of at least 4 members (excludes halogenated alkanes) is 2. The van der Waals surface area contributed by atoms with Crippen LogP contribution in [0.1, 0.15) is 43.3 Å². The molecule has 1 N–H and O–H groups in total.